The van der Waals surface area contributed by atoms with E-state index < -0.39 is 0 Å². The lowest BCUT2D eigenvalue weighted by molar-refractivity contribution is -0.123. The van der Waals surface area contributed by atoms with Crippen molar-refractivity contribution in [1.82, 2.24) is 9.80 Å². The van der Waals surface area contributed by atoms with Gasteiger partial charge in [0.1, 0.15) is 6.07 Å². The molecule has 0 radical (unpaired) electrons. The lowest BCUT2D eigenvalue weighted by Gasteiger charge is -2.36. The number of amides is 3. The molecule has 0 bridgehead atoms. The topological polar surface area (TPSA) is 84.7 Å². The van der Waals surface area contributed by atoms with Crippen LogP contribution in [0.25, 0.3) is 6.08 Å². The number of thioether (sulfide) groups is 1. The fourth-order valence-electron chi connectivity index (χ4n) is 4.50. The Hall–Kier alpha value is -4.06. The van der Waals surface area contributed by atoms with Crippen molar-refractivity contribution in [1.29, 1.82) is 5.26 Å². The fourth-order valence-corrected chi connectivity index (χ4v) is 5.56. The summed E-state index contributed by atoms with van der Waals surface area (Å²) in [6.07, 6.45) is 1.67. The molecule has 3 aromatic rings. The number of nitrogens with zero attached hydrogens (tertiary/aromatic N) is 4. The summed E-state index contributed by atoms with van der Waals surface area (Å²) in [7, 11) is 0. The second-order valence-electron chi connectivity index (χ2n) is 8.93. The van der Waals surface area contributed by atoms with Crippen LogP contribution in [0.15, 0.2) is 77.7 Å². The minimum Gasteiger partial charge on any atom is -0.367 e. The van der Waals surface area contributed by atoms with Crippen LogP contribution < -0.4 is 4.90 Å². The number of para-hydroxylation sites is 1. The lowest BCUT2D eigenvalue weighted by atomic mass is 10.1. The number of benzene rings is 3. The quantitative estimate of drug-likeness (QED) is 0.401. The smallest absolute Gasteiger partial charge is 0.293 e. The van der Waals surface area contributed by atoms with E-state index in [0.717, 1.165) is 28.6 Å². The Morgan fingerprint density at radius 3 is 2.42 bits per heavy atom. The number of piperazine rings is 1. The van der Waals surface area contributed by atoms with Gasteiger partial charge in [-0.2, -0.15) is 5.26 Å². The first-order chi connectivity index (χ1) is 18.4. The molecule has 9 heteroatoms. The SMILES string of the molecule is N#Cc1ccccc1N1CCN(C(=O)c2ccc(/C=C3\SC(=O)N(Cc4cccc(Cl)c4)C3=O)cc2)CC1. The Morgan fingerprint density at radius 1 is 0.974 bits per heavy atom. The van der Waals surface area contributed by atoms with Crippen molar-refractivity contribution in [3.8, 4) is 6.07 Å². The minimum absolute atomic E-state index is 0.0633. The maximum Gasteiger partial charge on any atom is 0.293 e. The predicted molar refractivity (Wildman–Crippen MR) is 149 cm³/mol. The molecule has 0 aromatic heterocycles. The van der Waals surface area contributed by atoms with Crippen LogP contribution in [0.1, 0.15) is 27.0 Å². The van der Waals surface area contributed by atoms with Gasteiger partial charge in [0.25, 0.3) is 17.1 Å². The zero-order chi connectivity index (χ0) is 26.6. The molecule has 0 saturated carbocycles. The summed E-state index contributed by atoms with van der Waals surface area (Å²) in [5, 5.41) is 9.59. The monoisotopic (exact) mass is 542 g/mol. The zero-order valence-electron chi connectivity index (χ0n) is 20.3. The predicted octanol–water partition coefficient (Wildman–Crippen LogP) is 5.41. The number of carbonyl (C=O) groups is 3. The number of anilines is 1. The van der Waals surface area contributed by atoms with E-state index >= 15 is 0 Å². The Morgan fingerprint density at radius 2 is 1.71 bits per heavy atom. The van der Waals surface area contributed by atoms with E-state index in [4.69, 9.17) is 11.6 Å². The molecule has 2 heterocycles. The maximum atomic E-state index is 13.1. The first kappa shape index (κ1) is 25.6. The first-order valence-electron chi connectivity index (χ1n) is 12.1. The molecule has 0 unspecified atom stereocenters. The van der Waals surface area contributed by atoms with Crippen LogP contribution in [0.3, 0.4) is 0 Å². The van der Waals surface area contributed by atoms with Crippen LogP contribution in [0.2, 0.25) is 5.02 Å². The summed E-state index contributed by atoms with van der Waals surface area (Å²) < 4.78 is 0. The maximum absolute atomic E-state index is 13.1. The summed E-state index contributed by atoms with van der Waals surface area (Å²) in [5.74, 6) is -0.414. The number of rotatable bonds is 5. The van der Waals surface area contributed by atoms with Gasteiger partial charge in [-0.05, 0) is 65.4 Å². The Labute approximate surface area is 229 Å². The number of imide groups is 1. The minimum atomic E-state index is -0.351. The molecule has 0 atom stereocenters. The van der Waals surface area contributed by atoms with Gasteiger partial charge in [-0.15, -0.1) is 0 Å². The van der Waals surface area contributed by atoms with Crippen LogP contribution in [0.4, 0.5) is 10.5 Å². The summed E-state index contributed by atoms with van der Waals surface area (Å²) in [6, 6.07) is 23.8. The van der Waals surface area contributed by atoms with Crippen molar-refractivity contribution in [2.45, 2.75) is 6.54 Å². The van der Waals surface area contributed by atoms with E-state index in [9.17, 15) is 19.6 Å². The van der Waals surface area contributed by atoms with Gasteiger partial charge in [-0.3, -0.25) is 19.3 Å². The molecule has 5 rings (SSSR count). The molecule has 0 spiro atoms. The van der Waals surface area contributed by atoms with Crippen LogP contribution in [0.5, 0.6) is 0 Å². The summed E-state index contributed by atoms with van der Waals surface area (Å²) in [6.45, 7) is 2.56. The van der Waals surface area contributed by atoms with Crippen molar-refractivity contribution in [3.05, 3.63) is 105 Å². The number of nitriles is 1. The lowest BCUT2D eigenvalue weighted by Crippen LogP contribution is -2.49. The normalized spacial score (nSPS) is 16.7. The van der Waals surface area contributed by atoms with Gasteiger partial charge in [0.2, 0.25) is 0 Å². The average Bonchev–Trinajstić information content (AvgIpc) is 3.20. The number of carbonyl (C=O) groups excluding carboxylic acids is 3. The molecule has 2 saturated heterocycles. The highest BCUT2D eigenvalue weighted by molar-refractivity contribution is 8.18. The van der Waals surface area contributed by atoms with Gasteiger partial charge in [-0.1, -0.05) is 48.0 Å². The molecule has 190 valence electrons. The molecule has 3 aromatic carbocycles. The Kier molecular flexibility index (Phi) is 7.50. The highest BCUT2D eigenvalue weighted by atomic mass is 35.5. The highest BCUT2D eigenvalue weighted by Crippen LogP contribution is 2.33. The Balaban J connectivity index is 1.21. The largest absolute Gasteiger partial charge is 0.367 e. The first-order valence-corrected chi connectivity index (χ1v) is 13.3. The van der Waals surface area contributed by atoms with Gasteiger partial charge in [-0.25, -0.2) is 0 Å². The number of hydrogen-bond donors (Lipinski definition) is 0. The van der Waals surface area contributed by atoms with E-state index in [1.54, 1.807) is 54.6 Å². The molecule has 2 aliphatic heterocycles. The van der Waals surface area contributed by atoms with Crippen molar-refractivity contribution in [3.63, 3.8) is 0 Å². The van der Waals surface area contributed by atoms with Gasteiger partial charge in [0, 0.05) is 36.8 Å². The molecule has 0 aliphatic carbocycles. The molecule has 2 fully saturated rings. The second-order valence-corrected chi connectivity index (χ2v) is 10.4. The molecule has 2 aliphatic rings. The van der Waals surface area contributed by atoms with E-state index in [1.165, 1.54) is 4.90 Å². The molecule has 7 nitrogen and oxygen atoms in total. The van der Waals surface area contributed by atoms with E-state index in [1.807, 2.05) is 29.2 Å². The number of halogens is 1. The highest BCUT2D eigenvalue weighted by Gasteiger charge is 2.35. The molecule has 3 amide bonds. The summed E-state index contributed by atoms with van der Waals surface area (Å²) in [5.41, 5.74) is 3.59. The fraction of sp³-hybridized carbons (Fsp3) is 0.172. The van der Waals surface area contributed by atoms with Crippen molar-refractivity contribution in [2.24, 2.45) is 0 Å². The van der Waals surface area contributed by atoms with Crippen LogP contribution in [-0.4, -0.2) is 53.0 Å². The summed E-state index contributed by atoms with van der Waals surface area (Å²) in [4.78, 5) is 43.9. The van der Waals surface area contributed by atoms with E-state index in [-0.39, 0.29) is 23.6 Å². The molecular weight excluding hydrogens is 520 g/mol. The molecular formula is C29H23ClN4O3S. The Bertz CT molecular complexity index is 1470. The van der Waals surface area contributed by atoms with Gasteiger partial charge in [0.05, 0.1) is 22.7 Å². The third-order valence-electron chi connectivity index (χ3n) is 6.49. The van der Waals surface area contributed by atoms with Crippen LogP contribution >= 0.6 is 23.4 Å². The third-order valence-corrected chi connectivity index (χ3v) is 7.63. The van der Waals surface area contributed by atoms with E-state index in [0.29, 0.717) is 47.2 Å². The second kappa shape index (κ2) is 11.1. The van der Waals surface area contributed by atoms with Gasteiger partial charge < -0.3 is 9.80 Å². The van der Waals surface area contributed by atoms with Crippen molar-refractivity contribution in [2.75, 3.05) is 31.1 Å². The van der Waals surface area contributed by atoms with Crippen LogP contribution in [-0.2, 0) is 11.3 Å². The van der Waals surface area contributed by atoms with Crippen LogP contribution in [0, 0.1) is 11.3 Å². The number of hydrogen-bond acceptors (Lipinski definition) is 6. The molecule has 38 heavy (non-hydrogen) atoms. The molecule has 0 N–H and O–H groups in total. The third kappa shape index (κ3) is 5.44. The van der Waals surface area contributed by atoms with Crippen molar-refractivity contribution < 1.29 is 14.4 Å². The van der Waals surface area contributed by atoms with Gasteiger partial charge >= 0.3 is 0 Å². The van der Waals surface area contributed by atoms with Gasteiger partial charge in [0.15, 0.2) is 0 Å². The summed E-state index contributed by atoms with van der Waals surface area (Å²) >= 11 is 6.92. The average molecular weight is 543 g/mol. The zero-order valence-corrected chi connectivity index (χ0v) is 21.9. The van der Waals surface area contributed by atoms with Crippen molar-refractivity contribution >= 4 is 52.2 Å². The van der Waals surface area contributed by atoms with E-state index in [2.05, 4.69) is 11.0 Å². The standard InChI is InChI=1S/C29H23ClN4O3S/c30-24-6-3-4-21(16-24)19-34-28(36)26(38-29(34)37)17-20-8-10-22(11-9-20)27(35)33-14-12-32(13-15-33)25-7-2-1-5-23(25)18-31/h1-11,16-17H,12-15,19H2/b26-17-.